The summed E-state index contributed by atoms with van der Waals surface area (Å²) in [6.07, 6.45) is 6.16. The van der Waals surface area contributed by atoms with Gasteiger partial charge in [0.25, 0.3) is 40.1 Å². The fourth-order valence-electron chi connectivity index (χ4n) is 11.7. The van der Waals surface area contributed by atoms with Crippen LogP contribution in [-0.4, -0.2) is 63.8 Å². The van der Waals surface area contributed by atoms with Gasteiger partial charge in [-0.3, -0.25) is 0 Å². The first-order valence-electron chi connectivity index (χ1n) is 28.2. The lowest BCUT2D eigenvalue weighted by Gasteiger charge is -2.28. The van der Waals surface area contributed by atoms with Crippen molar-refractivity contribution in [2.75, 3.05) is 14.2 Å². The molecule has 14 rings (SSSR count). The van der Waals surface area contributed by atoms with Crippen molar-refractivity contribution in [2.24, 2.45) is 0 Å². The molecule has 14 aromatic rings. The van der Waals surface area contributed by atoms with Gasteiger partial charge in [-0.25, -0.2) is 49.6 Å². The smallest absolute Gasteiger partial charge is 0.268 e. The zero-order valence-corrected chi connectivity index (χ0v) is 53.0. The highest BCUT2D eigenvalue weighted by Crippen LogP contribution is 2.48. The second-order valence-electron chi connectivity index (χ2n) is 21.1. The molecule has 4 aromatic heterocycles. The van der Waals surface area contributed by atoms with E-state index in [1.165, 1.54) is 15.9 Å². The SMILES string of the molecule is COc1cccc(P(c2ccc(S(=O)(=O)n3ccc4ccccc43)cc2)c2ccc(S(=O)(=O)n3ccc4ccccc43)cc2)c1-c1c(OC)cccc1P(c1ccc(S(=O)(=O)n2ccc3ccccc32)cc1)c1ccc(S(=O)(=O)n2ccc3ccccc32)cc1. The minimum absolute atomic E-state index is 0.0486. The van der Waals surface area contributed by atoms with E-state index in [0.717, 1.165) is 32.2 Å². The van der Waals surface area contributed by atoms with E-state index < -0.39 is 55.9 Å². The summed E-state index contributed by atoms with van der Waals surface area (Å²) in [5.74, 6) is 0.887. The van der Waals surface area contributed by atoms with Gasteiger partial charge in [-0.05, 0) is 157 Å². The van der Waals surface area contributed by atoms with Crippen LogP contribution in [0.4, 0.5) is 0 Å². The lowest BCUT2D eigenvalue weighted by atomic mass is 10.0. The van der Waals surface area contributed by atoms with Crippen molar-refractivity contribution < 1.29 is 43.1 Å². The summed E-state index contributed by atoms with van der Waals surface area (Å²) in [6.45, 7) is 0. The molecule has 0 saturated heterocycles. The van der Waals surface area contributed by atoms with Crippen molar-refractivity contribution >= 4 is 131 Å². The van der Waals surface area contributed by atoms with Gasteiger partial charge in [0.15, 0.2) is 0 Å². The Kier molecular flexibility index (Phi) is 14.8. The number of rotatable bonds is 17. The molecule has 0 fully saturated rings. The minimum Gasteiger partial charge on any atom is -0.496 e. The molecule has 10 aromatic carbocycles. The average Bonchev–Trinajstić information content (AvgIpc) is 1.18. The first-order valence-corrected chi connectivity index (χ1v) is 36.6. The first-order chi connectivity index (χ1) is 43.6. The third kappa shape index (κ3) is 9.91. The van der Waals surface area contributed by atoms with E-state index in [4.69, 9.17) is 9.47 Å². The van der Waals surface area contributed by atoms with Gasteiger partial charge >= 0.3 is 0 Å². The number of ether oxygens (including phenoxy) is 2. The van der Waals surface area contributed by atoms with Crippen molar-refractivity contribution in [2.45, 2.75) is 19.6 Å². The molecule has 0 amide bonds. The topological polar surface area (TPSA) is 175 Å². The van der Waals surface area contributed by atoms with Crippen LogP contribution in [0, 0.1) is 0 Å². The molecule has 0 saturated carbocycles. The molecule has 0 aliphatic rings. The number of para-hydroxylation sites is 4. The van der Waals surface area contributed by atoms with Gasteiger partial charge < -0.3 is 9.47 Å². The largest absolute Gasteiger partial charge is 0.496 e. The molecule has 4 heterocycles. The molecule has 14 nitrogen and oxygen atoms in total. The third-order valence-electron chi connectivity index (χ3n) is 16.0. The molecule has 0 spiro atoms. The molecule has 0 aliphatic carbocycles. The standard InChI is InChI=1S/C70H52N4O10P2S4/c1-83-65-21-11-23-67(85(53-25-33-57(34-26-53)87(75,76)71-45-41-49-13-3-7-17-61(49)71)54-27-35-58(36-28-54)88(77,78)72-46-42-50-14-4-8-18-62(50)72)69(65)70-66(84-2)22-12-24-68(70)86(55-29-37-59(38-30-55)89(79,80)73-47-43-51-15-5-9-19-63(51)73)56-31-39-60(40-32-56)90(81,82)74-48-44-52-16-6-10-20-64(52)74/h3-48H,1-2H3. The van der Waals surface area contributed by atoms with Crippen LogP contribution in [0.5, 0.6) is 11.5 Å². The first kappa shape index (κ1) is 58.3. The molecule has 0 aliphatic heterocycles. The summed E-state index contributed by atoms with van der Waals surface area (Å²) in [4.78, 5) is 0.195. The van der Waals surface area contributed by atoms with Crippen LogP contribution >= 0.6 is 15.8 Å². The number of methoxy groups -OCH3 is 2. The van der Waals surface area contributed by atoms with Crippen LogP contribution in [0.3, 0.4) is 0 Å². The summed E-state index contributed by atoms with van der Waals surface area (Å²) in [6, 6.07) is 74.4. The Morgan fingerprint density at radius 2 is 0.500 bits per heavy atom. The number of fused-ring (bicyclic) bond motifs is 4. The molecule has 446 valence electrons. The van der Waals surface area contributed by atoms with Crippen LogP contribution in [0.1, 0.15) is 0 Å². The highest BCUT2D eigenvalue weighted by Gasteiger charge is 2.32. The number of hydrogen-bond acceptors (Lipinski definition) is 10. The van der Waals surface area contributed by atoms with E-state index in [1.807, 2.05) is 84.9 Å². The van der Waals surface area contributed by atoms with Gasteiger partial charge in [0.1, 0.15) is 11.5 Å². The van der Waals surface area contributed by atoms with Gasteiger partial charge in [-0.2, -0.15) is 0 Å². The molecule has 0 bridgehead atoms. The van der Waals surface area contributed by atoms with E-state index >= 15 is 0 Å². The van der Waals surface area contributed by atoms with Crippen LogP contribution in [0.2, 0.25) is 0 Å². The quantitative estimate of drug-likeness (QED) is 0.0798. The second kappa shape index (κ2) is 22.9. The molecule has 0 unspecified atom stereocenters. The highest BCUT2D eigenvalue weighted by molar-refractivity contribution is 7.91. The lowest BCUT2D eigenvalue weighted by Crippen LogP contribution is -2.27. The Hall–Kier alpha value is -9.38. The summed E-state index contributed by atoms with van der Waals surface area (Å²) in [7, 11) is -16.8. The molecular weight excluding hydrogens is 1250 g/mol. The van der Waals surface area contributed by atoms with Crippen molar-refractivity contribution in [3.8, 4) is 22.6 Å². The van der Waals surface area contributed by atoms with Crippen molar-refractivity contribution in [3.63, 3.8) is 0 Å². The molecular formula is C70H52N4O10P2S4. The number of hydrogen-bond donors (Lipinski definition) is 0. The summed E-state index contributed by atoms with van der Waals surface area (Å²) in [5.41, 5.74) is 3.32. The maximum atomic E-state index is 14.5. The van der Waals surface area contributed by atoms with Crippen LogP contribution in [0.15, 0.2) is 299 Å². The Morgan fingerprint density at radius 1 is 0.267 bits per heavy atom. The number of nitrogens with zero attached hydrogens (tertiary/aromatic N) is 4. The van der Waals surface area contributed by atoms with E-state index in [-0.39, 0.29) is 19.6 Å². The van der Waals surface area contributed by atoms with Gasteiger partial charge in [0.2, 0.25) is 0 Å². The van der Waals surface area contributed by atoms with E-state index in [1.54, 1.807) is 209 Å². The summed E-state index contributed by atoms with van der Waals surface area (Å²) < 4.78 is 134. The van der Waals surface area contributed by atoms with Crippen LogP contribution in [0.25, 0.3) is 54.7 Å². The Labute approximate surface area is 522 Å². The third-order valence-corrected chi connectivity index (χ3v) is 27.8. The second-order valence-corrected chi connectivity index (χ2v) is 32.7. The summed E-state index contributed by atoms with van der Waals surface area (Å²) in [5, 5.41) is 7.35. The normalized spacial score (nSPS) is 12.4. The van der Waals surface area contributed by atoms with Crippen LogP contribution < -0.4 is 41.3 Å². The summed E-state index contributed by atoms with van der Waals surface area (Å²) >= 11 is 0. The fraction of sp³-hybridized carbons (Fsp3) is 0.0286. The van der Waals surface area contributed by atoms with E-state index in [2.05, 4.69) is 0 Å². The van der Waals surface area contributed by atoms with Gasteiger partial charge in [0.05, 0.1) is 55.9 Å². The zero-order valence-electron chi connectivity index (χ0n) is 48.0. The van der Waals surface area contributed by atoms with Crippen molar-refractivity contribution in [1.82, 2.24) is 15.9 Å². The van der Waals surface area contributed by atoms with E-state index in [0.29, 0.717) is 65.9 Å². The highest BCUT2D eigenvalue weighted by atomic mass is 32.2. The van der Waals surface area contributed by atoms with Gasteiger partial charge in [-0.1, -0.05) is 146 Å². The number of aromatic nitrogens is 4. The maximum Gasteiger partial charge on any atom is 0.268 e. The zero-order chi connectivity index (χ0) is 62.1. The molecule has 90 heavy (non-hydrogen) atoms. The molecule has 20 heteroatoms. The van der Waals surface area contributed by atoms with Gasteiger partial charge in [0, 0.05) is 57.5 Å². The predicted molar refractivity (Wildman–Crippen MR) is 360 cm³/mol. The Morgan fingerprint density at radius 3 is 0.733 bits per heavy atom. The van der Waals surface area contributed by atoms with Crippen molar-refractivity contribution in [3.05, 3.63) is 280 Å². The Balaban J connectivity index is 0.954. The lowest BCUT2D eigenvalue weighted by molar-refractivity contribution is 0.411. The fourth-order valence-corrected chi connectivity index (χ4v) is 22.0. The van der Waals surface area contributed by atoms with Gasteiger partial charge in [-0.15, -0.1) is 0 Å². The van der Waals surface area contributed by atoms with Crippen molar-refractivity contribution in [1.29, 1.82) is 0 Å². The monoisotopic (exact) mass is 1300 g/mol. The molecule has 0 N–H and O–H groups in total. The number of benzene rings is 10. The Bertz CT molecular complexity index is 4950. The predicted octanol–water partition coefficient (Wildman–Crippen LogP) is 11.7. The van der Waals surface area contributed by atoms with E-state index in [9.17, 15) is 33.7 Å². The molecule has 0 radical (unpaired) electrons. The van der Waals surface area contributed by atoms with Crippen LogP contribution in [-0.2, 0) is 40.1 Å². The minimum atomic E-state index is -4.10. The maximum absolute atomic E-state index is 14.5. The molecule has 0 atom stereocenters. The average molecular weight is 1300 g/mol.